The standard InChI is InChI=1S/C16H27N3O3S.C3H9N/c1-10(2)13-8-7-9-14(11(3)4)15(13)17-16(20)19-23(21,22)18-12(5)6;1-3(2)4/h7-12,18H,1-6H3,(H2,17,19,20);3H,4H2,1-2H3. The lowest BCUT2D eigenvalue weighted by molar-refractivity contribution is 0.256. The first-order chi connectivity index (χ1) is 12.3. The van der Waals surface area contributed by atoms with Gasteiger partial charge < -0.3 is 11.1 Å². The summed E-state index contributed by atoms with van der Waals surface area (Å²) in [6.45, 7) is 15.4. The minimum atomic E-state index is -3.88. The van der Waals surface area contributed by atoms with Crippen molar-refractivity contribution in [2.24, 2.45) is 5.73 Å². The number of hydrogen-bond acceptors (Lipinski definition) is 4. The average Bonchev–Trinajstić information content (AvgIpc) is 2.43. The van der Waals surface area contributed by atoms with Gasteiger partial charge in [-0.2, -0.15) is 13.1 Å². The maximum atomic E-state index is 12.1. The second kappa shape index (κ2) is 11.3. The van der Waals surface area contributed by atoms with E-state index in [9.17, 15) is 13.2 Å². The van der Waals surface area contributed by atoms with Crippen LogP contribution in [0.1, 0.15) is 78.4 Å². The molecule has 0 aromatic heterocycles. The van der Waals surface area contributed by atoms with Crippen LogP contribution in [-0.2, 0) is 10.2 Å². The van der Waals surface area contributed by atoms with E-state index in [1.54, 1.807) is 13.8 Å². The van der Waals surface area contributed by atoms with Crippen molar-refractivity contribution in [3.05, 3.63) is 29.3 Å². The fraction of sp³-hybridized carbons (Fsp3) is 0.632. The van der Waals surface area contributed by atoms with E-state index in [2.05, 4.69) is 10.0 Å². The number of benzene rings is 1. The Morgan fingerprint density at radius 1 is 0.926 bits per heavy atom. The predicted octanol–water partition coefficient (Wildman–Crippen LogP) is 3.65. The molecule has 0 saturated carbocycles. The molecule has 0 unspecified atom stereocenters. The molecule has 1 rings (SSSR count). The number of carbonyl (C=O) groups is 1. The summed E-state index contributed by atoms with van der Waals surface area (Å²) in [5.74, 6) is 0.406. The van der Waals surface area contributed by atoms with Gasteiger partial charge in [0, 0.05) is 11.7 Å². The van der Waals surface area contributed by atoms with Crippen molar-refractivity contribution in [3.63, 3.8) is 0 Å². The molecule has 0 bridgehead atoms. The van der Waals surface area contributed by atoms with Gasteiger partial charge >= 0.3 is 16.2 Å². The second-order valence-electron chi connectivity index (χ2n) is 7.70. The zero-order chi connectivity index (χ0) is 21.4. The lowest BCUT2D eigenvalue weighted by Gasteiger charge is -2.20. The fourth-order valence-corrected chi connectivity index (χ4v) is 3.27. The SMILES string of the molecule is CC(C)N.CC(C)NS(=O)(=O)NC(=O)Nc1c(C(C)C)cccc1C(C)C. The molecular formula is C19H36N4O3S. The monoisotopic (exact) mass is 400 g/mol. The van der Waals surface area contributed by atoms with E-state index in [4.69, 9.17) is 5.73 Å². The van der Waals surface area contributed by atoms with Crippen molar-refractivity contribution in [2.75, 3.05) is 5.32 Å². The number of carbonyl (C=O) groups excluding carboxylic acids is 1. The quantitative estimate of drug-likeness (QED) is 0.583. The number of para-hydroxylation sites is 1. The molecule has 27 heavy (non-hydrogen) atoms. The molecule has 156 valence electrons. The Hall–Kier alpha value is -1.64. The number of anilines is 1. The Kier molecular flexibility index (Phi) is 10.6. The highest BCUT2D eigenvalue weighted by Crippen LogP contribution is 2.32. The molecule has 0 spiro atoms. The molecule has 0 heterocycles. The van der Waals surface area contributed by atoms with Crippen molar-refractivity contribution in [1.29, 1.82) is 0 Å². The highest BCUT2D eigenvalue weighted by Gasteiger charge is 2.19. The van der Waals surface area contributed by atoms with Crippen LogP contribution in [-0.4, -0.2) is 26.5 Å². The van der Waals surface area contributed by atoms with Gasteiger partial charge in [-0.25, -0.2) is 9.52 Å². The molecule has 0 aliphatic heterocycles. The zero-order valence-corrected chi connectivity index (χ0v) is 18.6. The summed E-state index contributed by atoms with van der Waals surface area (Å²) in [4.78, 5) is 12.1. The summed E-state index contributed by atoms with van der Waals surface area (Å²) in [7, 11) is -3.88. The van der Waals surface area contributed by atoms with Crippen LogP contribution in [0, 0.1) is 0 Å². The van der Waals surface area contributed by atoms with Gasteiger partial charge in [0.15, 0.2) is 0 Å². The van der Waals surface area contributed by atoms with Crippen molar-refractivity contribution >= 4 is 21.9 Å². The van der Waals surface area contributed by atoms with Crippen LogP contribution >= 0.6 is 0 Å². The van der Waals surface area contributed by atoms with E-state index in [0.717, 1.165) is 11.1 Å². The average molecular weight is 401 g/mol. The topological polar surface area (TPSA) is 113 Å². The van der Waals surface area contributed by atoms with Gasteiger partial charge in [0.2, 0.25) is 0 Å². The van der Waals surface area contributed by atoms with Crippen molar-refractivity contribution in [1.82, 2.24) is 9.44 Å². The maximum Gasteiger partial charge on any atom is 0.333 e. The zero-order valence-electron chi connectivity index (χ0n) is 17.8. The molecule has 0 aliphatic carbocycles. The van der Waals surface area contributed by atoms with Crippen molar-refractivity contribution < 1.29 is 13.2 Å². The first-order valence-electron chi connectivity index (χ1n) is 9.26. The Morgan fingerprint density at radius 2 is 1.33 bits per heavy atom. The number of rotatable bonds is 6. The summed E-state index contributed by atoms with van der Waals surface area (Å²) < 4.78 is 27.9. The first-order valence-corrected chi connectivity index (χ1v) is 10.7. The Bertz CT molecular complexity index is 670. The Morgan fingerprint density at radius 3 is 1.67 bits per heavy atom. The molecule has 1 aromatic rings. The van der Waals surface area contributed by atoms with Gasteiger partial charge in [-0.15, -0.1) is 0 Å². The van der Waals surface area contributed by atoms with E-state index < -0.39 is 16.2 Å². The highest BCUT2D eigenvalue weighted by atomic mass is 32.2. The third kappa shape index (κ3) is 10.3. The largest absolute Gasteiger partial charge is 0.333 e. The van der Waals surface area contributed by atoms with E-state index in [1.165, 1.54) is 0 Å². The minimum absolute atomic E-state index is 0.203. The van der Waals surface area contributed by atoms with E-state index >= 15 is 0 Å². The number of nitrogens with two attached hydrogens (primary N) is 1. The van der Waals surface area contributed by atoms with Crippen molar-refractivity contribution in [3.8, 4) is 0 Å². The summed E-state index contributed by atoms with van der Waals surface area (Å²) in [5.41, 5.74) is 7.73. The molecule has 7 nitrogen and oxygen atoms in total. The Labute approximate surface area is 164 Å². The minimum Gasteiger partial charge on any atom is -0.328 e. The predicted molar refractivity (Wildman–Crippen MR) is 113 cm³/mol. The molecule has 2 amide bonds. The van der Waals surface area contributed by atoms with Gasteiger partial charge in [0.05, 0.1) is 0 Å². The second-order valence-corrected chi connectivity index (χ2v) is 9.14. The smallest absolute Gasteiger partial charge is 0.328 e. The molecule has 0 saturated heterocycles. The summed E-state index contributed by atoms with van der Waals surface area (Å²) in [6.07, 6.45) is 0. The lowest BCUT2D eigenvalue weighted by Crippen LogP contribution is -2.45. The fourth-order valence-electron chi connectivity index (χ4n) is 2.30. The van der Waals surface area contributed by atoms with Crippen LogP contribution in [0.25, 0.3) is 0 Å². The van der Waals surface area contributed by atoms with Crippen LogP contribution in [0.4, 0.5) is 10.5 Å². The summed E-state index contributed by atoms with van der Waals surface area (Å²) in [5, 5.41) is 2.70. The molecule has 0 fully saturated rings. The normalized spacial score (nSPS) is 11.6. The summed E-state index contributed by atoms with van der Waals surface area (Å²) >= 11 is 0. The number of hydrogen-bond donors (Lipinski definition) is 4. The third-order valence-electron chi connectivity index (χ3n) is 3.23. The molecule has 0 radical (unpaired) electrons. The molecule has 0 aliphatic rings. The van der Waals surface area contributed by atoms with Crippen LogP contribution in [0.2, 0.25) is 0 Å². The molecule has 8 heteroatoms. The van der Waals surface area contributed by atoms with Gasteiger partial charge in [-0.05, 0) is 42.9 Å². The van der Waals surface area contributed by atoms with E-state index in [0.29, 0.717) is 11.7 Å². The van der Waals surface area contributed by atoms with E-state index in [-0.39, 0.29) is 17.9 Å². The molecular weight excluding hydrogens is 364 g/mol. The van der Waals surface area contributed by atoms with Gasteiger partial charge in [-0.3, -0.25) is 0 Å². The third-order valence-corrected chi connectivity index (χ3v) is 4.47. The number of amides is 2. The number of urea groups is 1. The van der Waals surface area contributed by atoms with Gasteiger partial charge in [-0.1, -0.05) is 59.7 Å². The summed E-state index contributed by atoms with van der Waals surface area (Å²) in [6, 6.07) is 5.09. The molecule has 1 aromatic carbocycles. The van der Waals surface area contributed by atoms with Crippen molar-refractivity contribution in [2.45, 2.75) is 79.3 Å². The van der Waals surface area contributed by atoms with Gasteiger partial charge in [0.1, 0.15) is 0 Å². The first kappa shape index (κ1) is 25.4. The van der Waals surface area contributed by atoms with E-state index in [1.807, 2.05) is 64.5 Å². The number of nitrogens with one attached hydrogen (secondary N) is 3. The van der Waals surface area contributed by atoms with Crippen LogP contribution in [0.3, 0.4) is 0 Å². The lowest BCUT2D eigenvalue weighted by atomic mass is 9.93. The highest BCUT2D eigenvalue weighted by molar-refractivity contribution is 7.88. The van der Waals surface area contributed by atoms with Gasteiger partial charge in [0.25, 0.3) is 0 Å². The molecule has 0 atom stereocenters. The van der Waals surface area contributed by atoms with Crippen LogP contribution in [0.5, 0.6) is 0 Å². The van der Waals surface area contributed by atoms with Crippen LogP contribution in [0.15, 0.2) is 18.2 Å². The maximum absolute atomic E-state index is 12.1. The van der Waals surface area contributed by atoms with Crippen LogP contribution < -0.4 is 20.5 Å². The molecule has 5 N–H and O–H groups in total. The Balaban J connectivity index is 0.00000153.